The van der Waals surface area contributed by atoms with Gasteiger partial charge in [0.1, 0.15) is 11.5 Å². The molecule has 4 heterocycles. The number of ether oxygens (including phenoxy) is 4. The van der Waals surface area contributed by atoms with Gasteiger partial charge in [0.15, 0.2) is 11.5 Å². The number of aryl methyl sites for hydroxylation is 4. The molecule has 0 spiro atoms. The number of H-pyrrole nitrogens is 2. The SMILES string of the molecule is C.C.Cc1cc(Oc2ncccc2OC(C)F)ccc1-c1c(C)n[nH]c(=O)c1C.Cc1cc(Oc2ncccc2OC(C)F)ccc1-c1c(C)n[nH]c(=O)c1C. The number of aromatic nitrogens is 6. The largest absolute Gasteiger partial charge is 0.455 e. The summed E-state index contributed by atoms with van der Waals surface area (Å²) in [6.07, 6.45) is 0.132. The Morgan fingerprint density at radius 2 is 0.964 bits per heavy atom. The average molecular weight is 771 g/mol. The van der Waals surface area contributed by atoms with Gasteiger partial charge in [0.25, 0.3) is 22.9 Å². The highest BCUT2D eigenvalue weighted by atomic mass is 19.1. The van der Waals surface area contributed by atoms with Crippen molar-refractivity contribution >= 4 is 0 Å². The lowest BCUT2D eigenvalue weighted by atomic mass is 9.96. The number of nitrogens with one attached hydrogen (secondary N) is 2. The fourth-order valence-corrected chi connectivity index (χ4v) is 5.73. The van der Waals surface area contributed by atoms with Crippen molar-refractivity contribution in [2.75, 3.05) is 0 Å². The monoisotopic (exact) mass is 770 g/mol. The highest BCUT2D eigenvalue weighted by molar-refractivity contribution is 5.73. The maximum Gasteiger partial charge on any atom is 0.267 e. The van der Waals surface area contributed by atoms with Crippen LogP contribution in [0.15, 0.2) is 82.6 Å². The first-order valence-electron chi connectivity index (χ1n) is 16.9. The molecule has 0 amide bonds. The Morgan fingerprint density at radius 1 is 0.589 bits per heavy atom. The summed E-state index contributed by atoms with van der Waals surface area (Å²) in [5.74, 6) is 1.86. The first-order valence-corrected chi connectivity index (χ1v) is 16.9. The fraction of sp³-hybridized carbons (Fsp3) is 0.286. The van der Waals surface area contributed by atoms with Crippen molar-refractivity contribution in [1.82, 2.24) is 30.4 Å². The van der Waals surface area contributed by atoms with E-state index in [1.165, 1.54) is 13.8 Å². The number of halogens is 2. The molecule has 0 aliphatic heterocycles. The third-order valence-corrected chi connectivity index (χ3v) is 8.22. The second-order valence-electron chi connectivity index (χ2n) is 12.4. The average Bonchev–Trinajstić information content (AvgIpc) is 3.12. The van der Waals surface area contributed by atoms with E-state index in [4.69, 9.17) is 18.9 Å². The minimum absolute atomic E-state index is 0. The zero-order valence-corrected chi connectivity index (χ0v) is 31.1. The smallest absolute Gasteiger partial charge is 0.267 e. The van der Waals surface area contributed by atoms with Crippen LogP contribution in [0.25, 0.3) is 22.3 Å². The van der Waals surface area contributed by atoms with E-state index >= 15 is 0 Å². The second kappa shape index (κ2) is 19.2. The third kappa shape index (κ3) is 10.4. The molecule has 0 bridgehead atoms. The standard InChI is InChI=1S/2C20H20FN3O3.2CH4/c2*1-11-10-15(27-20-17(26-14(4)21)6-5-9-22-20)7-8-16(11)18-12(2)19(25)24-23-13(18)3;;/h2*5-10,14H,1-4H3,(H,24,25);2*1H4. The molecule has 14 heteroatoms. The third-order valence-electron chi connectivity index (χ3n) is 8.22. The van der Waals surface area contributed by atoms with Crippen molar-refractivity contribution in [2.45, 2.75) is 83.0 Å². The first kappa shape index (κ1) is 44.0. The minimum atomic E-state index is -1.48. The quantitative estimate of drug-likeness (QED) is 0.138. The summed E-state index contributed by atoms with van der Waals surface area (Å²) in [4.78, 5) is 32.0. The lowest BCUT2D eigenvalue weighted by Gasteiger charge is -2.14. The minimum Gasteiger partial charge on any atom is -0.455 e. The van der Waals surface area contributed by atoms with Crippen LogP contribution in [0, 0.1) is 41.5 Å². The Hall–Kier alpha value is -6.44. The summed E-state index contributed by atoms with van der Waals surface area (Å²) in [5, 5.41) is 13.1. The molecule has 0 fully saturated rings. The predicted octanol–water partition coefficient (Wildman–Crippen LogP) is 9.76. The lowest BCUT2D eigenvalue weighted by molar-refractivity contribution is 0.0821. The zero-order chi connectivity index (χ0) is 39.1. The van der Waals surface area contributed by atoms with E-state index in [2.05, 4.69) is 30.4 Å². The molecule has 12 nitrogen and oxygen atoms in total. The lowest BCUT2D eigenvalue weighted by Crippen LogP contribution is -2.14. The van der Waals surface area contributed by atoms with E-state index in [0.29, 0.717) is 22.6 Å². The van der Waals surface area contributed by atoms with Crippen molar-refractivity contribution in [1.29, 1.82) is 0 Å². The molecular weight excluding hydrogens is 722 g/mol. The Kier molecular flexibility index (Phi) is 15.1. The summed E-state index contributed by atoms with van der Waals surface area (Å²) in [6.45, 7) is 13.6. The van der Waals surface area contributed by atoms with Gasteiger partial charge in [-0.3, -0.25) is 9.59 Å². The van der Waals surface area contributed by atoms with Crippen LogP contribution in [-0.4, -0.2) is 43.1 Å². The van der Waals surface area contributed by atoms with Crippen LogP contribution < -0.4 is 30.1 Å². The summed E-state index contributed by atoms with van der Waals surface area (Å²) in [5.41, 5.74) is 7.46. The highest BCUT2D eigenvalue weighted by Gasteiger charge is 2.17. The van der Waals surface area contributed by atoms with E-state index in [9.17, 15) is 18.4 Å². The Labute approximate surface area is 324 Å². The fourth-order valence-electron chi connectivity index (χ4n) is 5.73. The van der Waals surface area contributed by atoms with Crippen molar-refractivity contribution in [3.63, 3.8) is 0 Å². The van der Waals surface area contributed by atoms with Crippen LogP contribution >= 0.6 is 0 Å². The number of benzene rings is 2. The molecule has 4 aromatic heterocycles. The van der Waals surface area contributed by atoms with Crippen molar-refractivity contribution < 1.29 is 27.7 Å². The van der Waals surface area contributed by atoms with Crippen LogP contribution in [0.1, 0.15) is 62.3 Å². The van der Waals surface area contributed by atoms with Gasteiger partial charge in [-0.15, -0.1) is 0 Å². The number of hydrogen-bond donors (Lipinski definition) is 2. The molecule has 2 atom stereocenters. The number of pyridine rings is 2. The van der Waals surface area contributed by atoms with Gasteiger partial charge in [-0.25, -0.2) is 28.9 Å². The molecule has 2 unspecified atom stereocenters. The molecule has 0 saturated carbocycles. The molecule has 0 aliphatic carbocycles. The zero-order valence-electron chi connectivity index (χ0n) is 31.1. The van der Waals surface area contributed by atoms with Gasteiger partial charge in [-0.2, -0.15) is 10.2 Å². The van der Waals surface area contributed by atoms with Crippen LogP contribution in [-0.2, 0) is 0 Å². The molecule has 0 aliphatic rings. The highest BCUT2D eigenvalue weighted by Crippen LogP contribution is 2.35. The molecule has 2 N–H and O–H groups in total. The van der Waals surface area contributed by atoms with Crippen molar-refractivity contribution in [3.8, 4) is 57.0 Å². The van der Waals surface area contributed by atoms with Gasteiger partial charge in [0.05, 0.1) is 11.4 Å². The van der Waals surface area contributed by atoms with Crippen molar-refractivity contribution in [3.05, 3.63) is 127 Å². The van der Waals surface area contributed by atoms with E-state index < -0.39 is 12.7 Å². The number of alkyl halides is 2. The number of aromatic amines is 2. The number of nitrogens with zero attached hydrogens (tertiary/aromatic N) is 4. The van der Waals surface area contributed by atoms with Gasteiger partial charge in [-0.1, -0.05) is 27.0 Å². The summed E-state index contributed by atoms with van der Waals surface area (Å²) < 4.78 is 48.1. The molecule has 6 rings (SSSR count). The maximum absolute atomic E-state index is 13.2. The Balaban J connectivity index is 0.000000290. The Morgan fingerprint density at radius 3 is 1.30 bits per heavy atom. The number of rotatable bonds is 10. The Bertz CT molecular complexity index is 2230. The predicted molar refractivity (Wildman–Crippen MR) is 213 cm³/mol. The van der Waals surface area contributed by atoms with Crippen LogP contribution in [0.4, 0.5) is 8.78 Å². The van der Waals surface area contributed by atoms with E-state index in [0.717, 1.165) is 44.8 Å². The van der Waals surface area contributed by atoms with Gasteiger partial charge >= 0.3 is 0 Å². The van der Waals surface area contributed by atoms with E-state index in [1.807, 2.05) is 52.0 Å². The maximum atomic E-state index is 13.2. The molecule has 296 valence electrons. The molecular formula is C42H48F2N6O6. The molecule has 0 saturated heterocycles. The molecule has 6 aromatic rings. The van der Waals surface area contributed by atoms with Gasteiger partial charge in [-0.05, 0) is 112 Å². The van der Waals surface area contributed by atoms with Crippen LogP contribution in [0.5, 0.6) is 34.8 Å². The topological polar surface area (TPSA) is 154 Å². The molecule has 2 aromatic carbocycles. The summed E-state index contributed by atoms with van der Waals surface area (Å²) in [6, 6.07) is 17.4. The van der Waals surface area contributed by atoms with Gasteiger partial charge in [0, 0.05) is 48.5 Å². The van der Waals surface area contributed by atoms with E-state index in [-0.39, 0.29) is 49.2 Å². The molecule has 0 radical (unpaired) electrons. The normalized spacial score (nSPS) is 11.5. The summed E-state index contributed by atoms with van der Waals surface area (Å²) >= 11 is 0. The first-order chi connectivity index (χ1) is 25.7. The molecule has 56 heavy (non-hydrogen) atoms. The van der Waals surface area contributed by atoms with Crippen molar-refractivity contribution in [2.24, 2.45) is 0 Å². The van der Waals surface area contributed by atoms with E-state index in [1.54, 1.807) is 62.6 Å². The second-order valence-corrected chi connectivity index (χ2v) is 12.4. The summed E-state index contributed by atoms with van der Waals surface area (Å²) in [7, 11) is 0. The van der Waals surface area contributed by atoms with Gasteiger partial charge in [0.2, 0.25) is 12.7 Å². The number of hydrogen-bond acceptors (Lipinski definition) is 10. The van der Waals surface area contributed by atoms with Crippen LogP contribution in [0.3, 0.4) is 0 Å². The van der Waals surface area contributed by atoms with Crippen LogP contribution in [0.2, 0.25) is 0 Å². The van der Waals surface area contributed by atoms with Gasteiger partial charge < -0.3 is 18.9 Å².